The van der Waals surface area contributed by atoms with E-state index in [0.717, 1.165) is 5.56 Å². The number of ketones is 1. The van der Waals surface area contributed by atoms with Crippen LogP contribution in [0.3, 0.4) is 0 Å². The van der Waals surface area contributed by atoms with Crippen LogP contribution in [0.25, 0.3) is 0 Å². The minimum Gasteiger partial charge on any atom is -0.508 e. The van der Waals surface area contributed by atoms with E-state index < -0.39 is 9.84 Å². The van der Waals surface area contributed by atoms with Crippen LogP contribution >= 0.6 is 0 Å². The van der Waals surface area contributed by atoms with E-state index in [4.69, 9.17) is 4.74 Å². The second-order valence-corrected chi connectivity index (χ2v) is 10.2. The van der Waals surface area contributed by atoms with Crippen molar-refractivity contribution >= 4 is 15.6 Å². The van der Waals surface area contributed by atoms with Gasteiger partial charge in [0.15, 0.2) is 5.78 Å². The van der Waals surface area contributed by atoms with Crippen LogP contribution in [0, 0.1) is 0 Å². The Labute approximate surface area is 199 Å². The lowest BCUT2D eigenvalue weighted by Gasteiger charge is -2.10. The highest BCUT2D eigenvalue weighted by atomic mass is 32.2. The fourth-order valence-corrected chi connectivity index (χ4v) is 4.71. The molecule has 0 aromatic heterocycles. The Bertz CT molecular complexity index is 1390. The highest BCUT2D eigenvalue weighted by Crippen LogP contribution is 2.27. The highest BCUT2D eigenvalue weighted by Gasteiger charge is 2.18. The van der Waals surface area contributed by atoms with E-state index in [9.17, 15) is 18.3 Å². The number of aromatic hydroxyl groups is 1. The number of phenols is 1. The predicted molar refractivity (Wildman–Crippen MR) is 130 cm³/mol. The van der Waals surface area contributed by atoms with Gasteiger partial charge in [0.2, 0.25) is 9.84 Å². The maximum absolute atomic E-state index is 12.9. The molecule has 0 atom stereocenters. The number of carbonyl (C=O) groups excluding carboxylic acids is 1. The lowest BCUT2D eigenvalue weighted by molar-refractivity contribution is 0.103. The molecule has 5 nitrogen and oxygen atoms in total. The lowest BCUT2D eigenvalue weighted by Crippen LogP contribution is -2.02. The van der Waals surface area contributed by atoms with Crippen LogP contribution in [0.15, 0.2) is 107 Å². The van der Waals surface area contributed by atoms with Gasteiger partial charge in [-0.05, 0) is 96.4 Å². The van der Waals surface area contributed by atoms with Crippen molar-refractivity contribution in [3.63, 3.8) is 0 Å². The van der Waals surface area contributed by atoms with Gasteiger partial charge in [0.1, 0.15) is 17.2 Å². The van der Waals surface area contributed by atoms with Crippen LogP contribution in [0.2, 0.25) is 0 Å². The summed E-state index contributed by atoms with van der Waals surface area (Å²) >= 11 is 0. The predicted octanol–water partition coefficient (Wildman–Crippen LogP) is 6.37. The Morgan fingerprint density at radius 1 is 0.676 bits per heavy atom. The summed E-state index contributed by atoms with van der Waals surface area (Å²) in [5.41, 5.74) is 2.04. The van der Waals surface area contributed by atoms with Crippen molar-refractivity contribution in [3.05, 3.63) is 114 Å². The molecule has 4 rings (SSSR count). The fourth-order valence-electron chi connectivity index (χ4n) is 3.44. The summed E-state index contributed by atoms with van der Waals surface area (Å²) in [6.45, 7) is 4.12. The summed E-state index contributed by atoms with van der Waals surface area (Å²) in [5.74, 6) is 1.26. The summed E-state index contributed by atoms with van der Waals surface area (Å²) in [7, 11) is -3.62. The minimum atomic E-state index is -3.62. The van der Waals surface area contributed by atoms with E-state index in [1.807, 2.05) is 12.1 Å². The molecule has 0 bridgehead atoms. The Hall–Kier alpha value is -3.90. The number of benzene rings is 4. The number of ether oxygens (including phenoxy) is 1. The zero-order chi connectivity index (χ0) is 24.3. The topological polar surface area (TPSA) is 80.7 Å². The molecule has 0 spiro atoms. The summed E-state index contributed by atoms with van der Waals surface area (Å²) in [6, 6.07) is 25.9. The van der Waals surface area contributed by atoms with Crippen molar-refractivity contribution in [3.8, 4) is 17.2 Å². The van der Waals surface area contributed by atoms with Crippen LogP contribution < -0.4 is 4.74 Å². The number of phenolic OH excluding ortho intramolecular Hbond substituents is 1. The van der Waals surface area contributed by atoms with Crippen LogP contribution in [0.5, 0.6) is 17.2 Å². The second kappa shape index (κ2) is 9.53. The second-order valence-electron chi connectivity index (χ2n) is 8.20. The molecule has 0 unspecified atom stereocenters. The van der Waals surface area contributed by atoms with Gasteiger partial charge in [0, 0.05) is 11.1 Å². The first-order valence-corrected chi connectivity index (χ1v) is 12.3. The zero-order valence-electron chi connectivity index (χ0n) is 18.8. The molecule has 4 aromatic rings. The molecule has 4 aromatic carbocycles. The number of hydrogen-bond acceptors (Lipinski definition) is 5. The molecule has 0 amide bonds. The first kappa shape index (κ1) is 23.3. The van der Waals surface area contributed by atoms with E-state index in [-0.39, 0.29) is 21.3 Å². The highest BCUT2D eigenvalue weighted by molar-refractivity contribution is 7.91. The molecular weight excluding hydrogens is 448 g/mol. The monoisotopic (exact) mass is 472 g/mol. The molecule has 0 aliphatic heterocycles. The van der Waals surface area contributed by atoms with Gasteiger partial charge >= 0.3 is 0 Å². The third kappa shape index (κ3) is 5.02. The molecule has 0 fully saturated rings. The maximum atomic E-state index is 12.9. The summed E-state index contributed by atoms with van der Waals surface area (Å²) < 4.78 is 31.7. The van der Waals surface area contributed by atoms with Crippen molar-refractivity contribution < 1.29 is 23.1 Å². The number of carbonyl (C=O) groups is 1. The molecule has 0 saturated heterocycles. The van der Waals surface area contributed by atoms with Gasteiger partial charge in [0.25, 0.3) is 0 Å². The van der Waals surface area contributed by atoms with Crippen molar-refractivity contribution in [2.24, 2.45) is 0 Å². The summed E-state index contributed by atoms with van der Waals surface area (Å²) in [6.07, 6.45) is 0. The molecule has 0 radical (unpaired) electrons. The van der Waals surface area contributed by atoms with E-state index >= 15 is 0 Å². The molecule has 0 aliphatic carbocycles. The maximum Gasteiger partial charge on any atom is 0.206 e. The molecule has 0 heterocycles. The Morgan fingerprint density at radius 3 is 1.56 bits per heavy atom. The summed E-state index contributed by atoms with van der Waals surface area (Å²) in [5, 5.41) is 9.37. The quantitative estimate of drug-likeness (QED) is 0.316. The minimum absolute atomic E-state index is 0.100. The van der Waals surface area contributed by atoms with Crippen LogP contribution in [-0.4, -0.2) is 19.3 Å². The van der Waals surface area contributed by atoms with Gasteiger partial charge in [-0.15, -0.1) is 0 Å². The number of rotatable bonds is 7. The normalized spacial score (nSPS) is 11.4. The molecule has 172 valence electrons. The number of sulfone groups is 1. The van der Waals surface area contributed by atoms with Crippen molar-refractivity contribution in [2.45, 2.75) is 29.6 Å². The Balaban J connectivity index is 1.46. The van der Waals surface area contributed by atoms with E-state index in [2.05, 4.69) is 13.8 Å². The number of hydrogen-bond donors (Lipinski definition) is 1. The van der Waals surface area contributed by atoms with E-state index in [1.54, 1.807) is 60.7 Å². The van der Waals surface area contributed by atoms with Crippen molar-refractivity contribution in [1.29, 1.82) is 0 Å². The van der Waals surface area contributed by atoms with Gasteiger partial charge < -0.3 is 9.84 Å². The molecule has 0 saturated carbocycles. The molecular formula is C28H24O5S. The van der Waals surface area contributed by atoms with E-state index in [1.165, 1.54) is 24.3 Å². The molecule has 6 heteroatoms. The van der Waals surface area contributed by atoms with Gasteiger partial charge in [-0.25, -0.2) is 8.42 Å². The van der Waals surface area contributed by atoms with Crippen molar-refractivity contribution in [1.82, 2.24) is 0 Å². The lowest BCUT2D eigenvalue weighted by atomic mass is 10.0. The summed E-state index contributed by atoms with van der Waals surface area (Å²) in [4.78, 5) is 13.0. The zero-order valence-corrected chi connectivity index (χ0v) is 19.6. The fraction of sp³-hybridized carbons (Fsp3) is 0.107. The third-order valence-corrected chi connectivity index (χ3v) is 7.26. The van der Waals surface area contributed by atoms with Crippen LogP contribution in [-0.2, 0) is 9.84 Å². The standard InChI is InChI=1S/C28H24O5S/c1-19(2)20-7-15-26(16-8-20)34(31,32)27-17-13-25(14-18-27)33-24-11-5-22(6-12-24)28(30)21-3-9-23(29)10-4-21/h3-19,29H,1-2H3. The smallest absolute Gasteiger partial charge is 0.206 e. The first-order chi connectivity index (χ1) is 16.2. The van der Waals surface area contributed by atoms with Crippen molar-refractivity contribution in [2.75, 3.05) is 0 Å². The molecule has 34 heavy (non-hydrogen) atoms. The molecule has 0 aliphatic rings. The largest absolute Gasteiger partial charge is 0.508 e. The third-order valence-electron chi connectivity index (χ3n) is 5.47. The van der Waals surface area contributed by atoms with Crippen LogP contribution in [0.1, 0.15) is 41.3 Å². The average Bonchev–Trinajstić information content (AvgIpc) is 2.85. The Morgan fingerprint density at radius 2 is 1.09 bits per heavy atom. The SMILES string of the molecule is CC(C)c1ccc(S(=O)(=O)c2ccc(Oc3ccc(C(=O)c4ccc(O)cc4)cc3)cc2)cc1. The van der Waals surface area contributed by atoms with Gasteiger partial charge in [-0.3, -0.25) is 4.79 Å². The Kier molecular flexibility index (Phi) is 6.52. The van der Waals surface area contributed by atoms with Crippen LogP contribution in [0.4, 0.5) is 0 Å². The van der Waals surface area contributed by atoms with E-state index in [0.29, 0.717) is 28.5 Å². The van der Waals surface area contributed by atoms with Gasteiger partial charge in [-0.1, -0.05) is 26.0 Å². The van der Waals surface area contributed by atoms with Gasteiger partial charge in [-0.2, -0.15) is 0 Å². The first-order valence-electron chi connectivity index (χ1n) is 10.8. The van der Waals surface area contributed by atoms with Gasteiger partial charge in [0.05, 0.1) is 9.79 Å². The average molecular weight is 473 g/mol. The molecule has 1 N–H and O–H groups in total.